The van der Waals surface area contributed by atoms with Crippen LogP contribution in [0.15, 0.2) is 24.3 Å². The van der Waals surface area contributed by atoms with Crippen LogP contribution in [-0.2, 0) is 4.74 Å². The van der Waals surface area contributed by atoms with Gasteiger partial charge in [-0.05, 0) is 37.6 Å². The summed E-state index contributed by atoms with van der Waals surface area (Å²) >= 11 is 6.09. The number of methoxy groups -OCH3 is 1. The highest BCUT2D eigenvalue weighted by Gasteiger charge is 2.22. The highest BCUT2D eigenvalue weighted by atomic mass is 35.5. The number of likely N-dealkylation sites (N-methyl/N-ethyl adjacent to an activating group) is 1. The first-order chi connectivity index (χ1) is 9.10. The lowest BCUT2D eigenvalue weighted by atomic mass is 9.96. The molecule has 1 aromatic carbocycles. The fourth-order valence-electron chi connectivity index (χ4n) is 2.34. The van der Waals surface area contributed by atoms with Crippen molar-refractivity contribution in [1.82, 2.24) is 4.90 Å². The van der Waals surface area contributed by atoms with Crippen LogP contribution in [0.3, 0.4) is 0 Å². The van der Waals surface area contributed by atoms with Gasteiger partial charge in [-0.25, -0.2) is 0 Å². The summed E-state index contributed by atoms with van der Waals surface area (Å²) in [5.41, 5.74) is 7.47. The van der Waals surface area contributed by atoms with E-state index in [1.807, 2.05) is 18.2 Å². The first kappa shape index (κ1) is 16.4. The van der Waals surface area contributed by atoms with E-state index in [1.165, 1.54) is 5.56 Å². The van der Waals surface area contributed by atoms with Crippen molar-refractivity contribution in [2.75, 3.05) is 27.3 Å². The van der Waals surface area contributed by atoms with E-state index in [0.717, 1.165) is 31.0 Å². The van der Waals surface area contributed by atoms with E-state index in [-0.39, 0.29) is 12.1 Å². The second kappa shape index (κ2) is 8.54. The monoisotopic (exact) mass is 284 g/mol. The van der Waals surface area contributed by atoms with E-state index in [1.54, 1.807) is 7.11 Å². The maximum atomic E-state index is 6.29. The molecule has 1 rings (SSSR count). The summed E-state index contributed by atoms with van der Waals surface area (Å²) in [6, 6.07) is 8.28. The van der Waals surface area contributed by atoms with Crippen molar-refractivity contribution in [1.29, 1.82) is 0 Å². The van der Waals surface area contributed by atoms with Gasteiger partial charge in [-0.15, -0.1) is 0 Å². The lowest BCUT2D eigenvalue weighted by molar-refractivity contribution is 0.155. The molecule has 0 saturated heterocycles. The first-order valence-corrected chi connectivity index (χ1v) is 7.18. The van der Waals surface area contributed by atoms with Gasteiger partial charge in [-0.2, -0.15) is 0 Å². The molecule has 2 atom stereocenters. The van der Waals surface area contributed by atoms with E-state index in [0.29, 0.717) is 0 Å². The zero-order chi connectivity index (χ0) is 14.3. The number of benzene rings is 1. The molecule has 0 fully saturated rings. The first-order valence-electron chi connectivity index (χ1n) is 6.80. The molecule has 108 valence electrons. The Morgan fingerprint density at radius 1 is 1.42 bits per heavy atom. The number of nitrogens with zero attached hydrogens (tertiary/aromatic N) is 1. The van der Waals surface area contributed by atoms with Gasteiger partial charge in [0.05, 0.1) is 0 Å². The largest absolute Gasteiger partial charge is 0.385 e. The van der Waals surface area contributed by atoms with Gasteiger partial charge in [-0.3, -0.25) is 4.90 Å². The SMILES string of the molecule is CCC(N)C(c1cccc(Cl)c1)N(C)CCCOC. The molecule has 0 aliphatic heterocycles. The van der Waals surface area contributed by atoms with Crippen molar-refractivity contribution >= 4 is 11.6 Å². The Morgan fingerprint density at radius 3 is 2.74 bits per heavy atom. The van der Waals surface area contributed by atoms with Crippen molar-refractivity contribution in [2.45, 2.75) is 31.8 Å². The van der Waals surface area contributed by atoms with Gasteiger partial charge in [0.1, 0.15) is 0 Å². The van der Waals surface area contributed by atoms with Crippen LogP contribution < -0.4 is 5.73 Å². The lowest BCUT2D eigenvalue weighted by Gasteiger charge is -2.33. The normalized spacial score (nSPS) is 14.6. The average Bonchev–Trinajstić information content (AvgIpc) is 2.39. The van der Waals surface area contributed by atoms with E-state index in [2.05, 4.69) is 24.9 Å². The lowest BCUT2D eigenvalue weighted by Crippen LogP contribution is -2.39. The Kier molecular flexibility index (Phi) is 7.39. The Balaban J connectivity index is 2.82. The van der Waals surface area contributed by atoms with Crippen LogP contribution in [0.25, 0.3) is 0 Å². The second-order valence-corrected chi connectivity index (χ2v) is 5.34. The number of nitrogens with two attached hydrogens (primary N) is 1. The summed E-state index contributed by atoms with van der Waals surface area (Å²) in [7, 11) is 3.84. The van der Waals surface area contributed by atoms with Gasteiger partial charge in [0.15, 0.2) is 0 Å². The van der Waals surface area contributed by atoms with Crippen LogP contribution in [0.5, 0.6) is 0 Å². The molecule has 0 spiro atoms. The smallest absolute Gasteiger partial charge is 0.0496 e. The summed E-state index contributed by atoms with van der Waals surface area (Å²) in [5.74, 6) is 0. The molecule has 2 unspecified atom stereocenters. The fraction of sp³-hybridized carbons (Fsp3) is 0.600. The minimum atomic E-state index is 0.103. The molecule has 0 heterocycles. The Morgan fingerprint density at radius 2 is 2.16 bits per heavy atom. The quantitative estimate of drug-likeness (QED) is 0.746. The van der Waals surface area contributed by atoms with Gasteiger partial charge >= 0.3 is 0 Å². The van der Waals surface area contributed by atoms with Crippen molar-refractivity contribution in [2.24, 2.45) is 5.73 Å². The molecule has 0 aromatic heterocycles. The second-order valence-electron chi connectivity index (χ2n) is 4.90. The van der Waals surface area contributed by atoms with Crippen molar-refractivity contribution in [3.8, 4) is 0 Å². The number of rotatable bonds is 8. The Hall–Kier alpha value is -0.610. The van der Waals surface area contributed by atoms with Crippen molar-refractivity contribution in [3.05, 3.63) is 34.9 Å². The third-order valence-corrected chi connectivity index (χ3v) is 3.64. The molecule has 4 heteroatoms. The number of ether oxygens (including phenoxy) is 1. The molecule has 3 nitrogen and oxygen atoms in total. The molecule has 2 N–H and O–H groups in total. The Bertz CT molecular complexity index is 373. The molecule has 0 saturated carbocycles. The molecule has 0 amide bonds. The summed E-state index contributed by atoms with van der Waals surface area (Å²) in [6.45, 7) is 3.85. The molecule has 0 radical (unpaired) electrons. The van der Waals surface area contributed by atoms with Gasteiger partial charge < -0.3 is 10.5 Å². The molecule has 19 heavy (non-hydrogen) atoms. The predicted molar refractivity (Wildman–Crippen MR) is 81.6 cm³/mol. The summed E-state index contributed by atoms with van der Waals surface area (Å²) in [4.78, 5) is 2.29. The third kappa shape index (κ3) is 5.11. The summed E-state index contributed by atoms with van der Waals surface area (Å²) in [6.07, 6.45) is 1.94. The predicted octanol–water partition coefficient (Wildman–Crippen LogP) is 3.09. The van der Waals surface area contributed by atoms with Gasteiger partial charge in [0, 0.05) is 37.4 Å². The fourth-order valence-corrected chi connectivity index (χ4v) is 2.54. The highest BCUT2D eigenvalue weighted by Crippen LogP contribution is 2.26. The van der Waals surface area contributed by atoms with Crippen LogP contribution in [0.4, 0.5) is 0 Å². The highest BCUT2D eigenvalue weighted by molar-refractivity contribution is 6.30. The van der Waals surface area contributed by atoms with Crippen LogP contribution in [-0.4, -0.2) is 38.3 Å². The summed E-state index contributed by atoms with van der Waals surface area (Å²) in [5, 5.41) is 0.760. The standard InChI is InChI=1S/C15H25ClN2O/c1-4-14(17)15(18(2)9-6-10-19-3)12-7-5-8-13(16)11-12/h5,7-8,11,14-15H,4,6,9-10,17H2,1-3H3. The van der Waals surface area contributed by atoms with Gasteiger partial charge in [-0.1, -0.05) is 30.7 Å². The molecular weight excluding hydrogens is 260 g/mol. The van der Waals surface area contributed by atoms with Gasteiger partial charge in [0.2, 0.25) is 0 Å². The van der Waals surface area contributed by atoms with Crippen molar-refractivity contribution < 1.29 is 4.74 Å². The molecule has 0 aliphatic rings. The number of halogens is 1. The molecular formula is C15H25ClN2O. The molecule has 1 aromatic rings. The average molecular weight is 285 g/mol. The third-order valence-electron chi connectivity index (χ3n) is 3.40. The topological polar surface area (TPSA) is 38.5 Å². The minimum Gasteiger partial charge on any atom is -0.385 e. The van der Waals surface area contributed by atoms with E-state index in [9.17, 15) is 0 Å². The summed E-state index contributed by atoms with van der Waals surface area (Å²) < 4.78 is 5.10. The molecule has 0 aliphatic carbocycles. The maximum absolute atomic E-state index is 6.29. The van der Waals surface area contributed by atoms with E-state index in [4.69, 9.17) is 22.1 Å². The number of hydrogen-bond donors (Lipinski definition) is 1. The van der Waals surface area contributed by atoms with Crippen LogP contribution in [0.1, 0.15) is 31.4 Å². The van der Waals surface area contributed by atoms with Crippen LogP contribution in [0, 0.1) is 0 Å². The zero-order valence-electron chi connectivity index (χ0n) is 12.1. The number of hydrogen-bond acceptors (Lipinski definition) is 3. The van der Waals surface area contributed by atoms with E-state index < -0.39 is 0 Å². The zero-order valence-corrected chi connectivity index (χ0v) is 12.9. The minimum absolute atomic E-state index is 0.103. The van der Waals surface area contributed by atoms with Crippen LogP contribution in [0.2, 0.25) is 5.02 Å². The maximum Gasteiger partial charge on any atom is 0.0496 e. The van der Waals surface area contributed by atoms with Gasteiger partial charge in [0.25, 0.3) is 0 Å². The van der Waals surface area contributed by atoms with E-state index >= 15 is 0 Å². The Labute approximate surface area is 121 Å². The van der Waals surface area contributed by atoms with Crippen molar-refractivity contribution in [3.63, 3.8) is 0 Å². The molecule has 0 bridgehead atoms. The van der Waals surface area contributed by atoms with Crippen LogP contribution >= 0.6 is 11.6 Å².